The number of benzene rings is 1. The van der Waals surface area contributed by atoms with E-state index in [2.05, 4.69) is 38.9 Å². The predicted octanol–water partition coefficient (Wildman–Crippen LogP) is 3.24. The van der Waals surface area contributed by atoms with Gasteiger partial charge in [-0.25, -0.2) is 4.98 Å². The van der Waals surface area contributed by atoms with E-state index in [1.165, 1.54) is 0 Å². The molecule has 1 aromatic carbocycles. The van der Waals surface area contributed by atoms with Gasteiger partial charge in [0.2, 0.25) is 0 Å². The van der Waals surface area contributed by atoms with Gasteiger partial charge in [0.15, 0.2) is 0 Å². The standard InChI is InChI=1S/C15H16N4/c1-2-7-17-12-8-13(10-16-9-12)19-11-18-14-5-3-4-6-15(14)19/h3-6,8-11,17H,2,7H2,1H3. The molecule has 19 heavy (non-hydrogen) atoms. The van der Waals surface area contributed by atoms with Gasteiger partial charge in [0.05, 0.1) is 34.8 Å². The van der Waals surface area contributed by atoms with Gasteiger partial charge in [-0.1, -0.05) is 19.1 Å². The SMILES string of the molecule is CCCNc1cncc(-n2cnc3ccccc32)c1. The number of hydrogen-bond donors (Lipinski definition) is 1. The van der Waals surface area contributed by atoms with Crippen LogP contribution in [0.1, 0.15) is 13.3 Å². The molecule has 3 aromatic rings. The van der Waals surface area contributed by atoms with Crippen molar-refractivity contribution in [3.63, 3.8) is 0 Å². The van der Waals surface area contributed by atoms with Crippen LogP contribution in [0.2, 0.25) is 0 Å². The van der Waals surface area contributed by atoms with Crippen molar-refractivity contribution in [2.45, 2.75) is 13.3 Å². The van der Waals surface area contributed by atoms with Gasteiger partial charge in [0.1, 0.15) is 6.33 Å². The van der Waals surface area contributed by atoms with Gasteiger partial charge in [-0.15, -0.1) is 0 Å². The van der Waals surface area contributed by atoms with Crippen LogP contribution >= 0.6 is 0 Å². The maximum absolute atomic E-state index is 4.40. The first-order valence-electron chi connectivity index (χ1n) is 6.50. The second-order valence-corrected chi connectivity index (χ2v) is 4.46. The zero-order chi connectivity index (χ0) is 13.1. The van der Waals surface area contributed by atoms with Crippen molar-refractivity contribution < 1.29 is 0 Å². The minimum Gasteiger partial charge on any atom is -0.384 e. The van der Waals surface area contributed by atoms with E-state index >= 15 is 0 Å². The van der Waals surface area contributed by atoms with Crippen molar-refractivity contribution in [2.24, 2.45) is 0 Å². The average Bonchev–Trinajstić information content (AvgIpc) is 2.89. The van der Waals surface area contributed by atoms with Gasteiger partial charge < -0.3 is 5.32 Å². The lowest BCUT2D eigenvalue weighted by molar-refractivity contribution is 0.974. The number of pyridine rings is 1. The highest BCUT2D eigenvalue weighted by Crippen LogP contribution is 2.19. The number of rotatable bonds is 4. The number of aromatic nitrogens is 3. The molecule has 2 heterocycles. The Balaban J connectivity index is 2.01. The molecule has 0 unspecified atom stereocenters. The molecule has 0 bridgehead atoms. The Kier molecular flexibility index (Phi) is 3.14. The van der Waals surface area contributed by atoms with Crippen LogP contribution in [-0.2, 0) is 0 Å². The summed E-state index contributed by atoms with van der Waals surface area (Å²) in [5.74, 6) is 0. The van der Waals surface area contributed by atoms with Crippen molar-refractivity contribution >= 4 is 16.7 Å². The summed E-state index contributed by atoms with van der Waals surface area (Å²) in [6, 6.07) is 10.2. The Morgan fingerprint density at radius 1 is 1.21 bits per heavy atom. The zero-order valence-corrected chi connectivity index (χ0v) is 10.9. The summed E-state index contributed by atoms with van der Waals surface area (Å²) in [4.78, 5) is 8.69. The topological polar surface area (TPSA) is 42.7 Å². The predicted molar refractivity (Wildman–Crippen MR) is 77.6 cm³/mol. The number of para-hydroxylation sites is 2. The second-order valence-electron chi connectivity index (χ2n) is 4.46. The molecule has 0 aliphatic carbocycles. The van der Waals surface area contributed by atoms with Crippen molar-refractivity contribution in [2.75, 3.05) is 11.9 Å². The number of imidazole rings is 1. The third-order valence-electron chi connectivity index (χ3n) is 3.03. The molecule has 0 spiro atoms. The van der Waals surface area contributed by atoms with Crippen LogP contribution in [0.15, 0.2) is 49.1 Å². The lowest BCUT2D eigenvalue weighted by Gasteiger charge is -2.08. The molecule has 4 heteroatoms. The summed E-state index contributed by atoms with van der Waals surface area (Å²) in [5.41, 5.74) is 4.15. The Labute approximate surface area is 112 Å². The largest absolute Gasteiger partial charge is 0.384 e. The Bertz CT molecular complexity index is 687. The van der Waals surface area contributed by atoms with Crippen LogP contribution in [0.3, 0.4) is 0 Å². The number of hydrogen-bond acceptors (Lipinski definition) is 3. The lowest BCUT2D eigenvalue weighted by atomic mass is 10.3. The molecule has 0 aliphatic heterocycles. The number of fused-ring (bicyclic) bond motifs is 1. The molecule has 3 rings (SSSR count). The van der Waals surface area contributed by atoms with E-state index in [1.54, 1.807) is 0 Å². The first-order chi connectivity index (χ1) is 9.38. The van der Waals surface area contributed by atoms with Gasteiger partial charge in [-0.05, 0) is 24.6 Å². The monoisotopic (exact) mass is 252 g/mol. The maximum atomic E-state index is 4.40. The van der Waals surface area contributed by atoms with Crippen molar-refractivity contribution in [1.29, 1.82) is 0 Å². The van der Waals surface area contributed by atoms with E-state index < -0.39 is 0 Å². The fraction of sp³-hybridized carbons (Fsp3) is 0.200. The van der Waals surface area contributed by atoms with Crippen molar-refractivity contribution in [1.82, 2.24) is 14.5 Å². The van der Waals surface area contributed by atoms with E-state index in [0.29, 0.717) is 0 Å². The van der Waals surface area contributed by atoms with Crippen molar-refractivity contribution in [3.05, 3.63) is 49.1 Å². The quantitative estimate of drug-likeness (QED) is 0.775. The third-order valence-corrected chi connectivity index (χ3v) is 3.03. The van der Waals surface area contributed by atoms with E-state index in [-0.39, 0.29) is 0 Å². The fourth-order valence-corrected chi connectivity index (χ4v) is 2.09. The number of nitrogens with zero attached hydrogens (tertiary/aromatic N) is 3. The molecule has 0 fully saturated rings. The molecule has 1 N–H and O–H groups in total. The summed E-state index contributed by atoms with van der Waals surface area (Å²) in [7, 11) is 0. The van der Waals surface area contributed by atoms with Crippen LogP contribution in [0.4, 0.5) is 5.69 Å². The fourth-order valence-electron chi connectivity index (χ4n) is 2.09. The van der Waals surface area contributed by atoms with Gasteiger partial charge in [0, 0.05) is 6.54 Å². The first kappa shape index (κ1) is 11.7. The van der Waals surface area contributed by atoms with Crippen LogP contribution in [0.5, 0.6) is 0 Å². The molecule has 0 radical (unpaired) electrons. The Morgan fingerprint density at radius 3 is 3.00 bits per heavy atom. The molecule has 0 saturated heterocycles. The van der Waals surface area contributed by atoms with Crippen LogP contribution in [0.25, 0.3) is 16.7 Å². The van der Waals surface area contributed by atoms with Crippen LogP contribution in [0, 0.1) is 0 Å². The average molecular weight is 252 g/mol. The van der Waals surface area contributed by atoms with Gasteiger partial charge >= 0.3 is 0 Å². The molecule has 0 saturated carbocycles. The van der Waals surface area contributed by atoms with Crippen LogP contribution < -0.4 is 5.32 Å². The first-order valence-corrected chi connectivity index (χ1v) is 6.50. The molecule has 0 aliphatic rings. The van der Waals surface area contributed by atoms with E-state index in [9.17, 15) is 0 Å². The third kappa shape index (κ3) is 2.29. The maximum Gasteiger partial charge on any atom is 0.100 e. The molecule has 0 atom stereocenters. The molecule has 2 aromatic heterocycles. The minimum atomic E-state index is 0.954. The molecular weight excluding hydrogens is 236 g/mol. The summed E-state index contributed by atoms with van der Waals surface area (Å²) in [5, 5.41) is 3.35. The molecule has 0 amide bonds. The smallest absolute Gasteiger partial charge is 0.100 e. The molecule has 4 nitrogen and oxygen atoms in total. The Morgan fingerprint density at radius 2 is 2.11 bits per heavy atom. The highest BCUT2D eigenvalue weighted by atomic mass is 15.1. The highest BCUT2D eigenvalue weighted by molar-refractivity contribution is 5.77. The van der Waals surface area contributed by atoms with E-state index in [0.717, 1.165) is 35.4 Å². The van der Waals surface area contributed by atoms with Gasteiger partial charge in [-0.3, -0.25) is 9.55 Å². The van der Waals surface area contributed by atoms with Gasteiger partial charge in [-0.2, -0.15) is 0 Å². The zero-order valence-electron chi connectivity index (χ0n) is 10.9. The van der Waals surface area contributed by atoms with Crippen LogP contribution in [-0.4, -0.2) is 21.1 Å². The van der Waals surface area contributed by atoms with E-state index in [1.807, 2.05) is 36.9 Å². The molecular formula is C15H16N4. The summed E-state index contributed by atoms with van der Waals surface area (Å²) >= 11 is 0. The van der Waals surface area contributed by atoms with Gasteiger partial charge in [0.25, 0.3) is 0 Å². The highest BCUT2D eigenvalue weighted by Gasteiger charge is 2.04. The van der Waals surface area contributed by atoms with E-state index in [4.69, 9.17) is 0 Å². The minimum absolute atomic E-state index is 0.954. The Hall–Kier alpha value is -2.36. The lowest BCUT2D eigenvalue weighted by Crippen LogP contribution is -2.01. The normalized spacial score (nSPS) is 10.8. The summed E-state index contributed by atoms with van der Waals surface area (Å²) in [6.07, 6.45) is 6.63. The summed E-state index contributed by atoms with van der Waals surface area (Å²) < 4.78 is 2.06. The number of nitrogens with one attached hydrogen (secondary N) is 1. The molecule has 96 valence electrons. The second kappa shape index (κ2) is 5.10. The summed E-state index contributed by atoms with van der Waals surface area (Å²) in [6.45, 7) is 3.10. The van der Waals surface area contributed by atoms with Crippen molar-refractivity contribution in [3.8, 4) is 5.69 Å². The number of anilines is 1.